The van der Waals surface area contributed by atoms with Gasteiger partial charge in [-0.3, -0.25) is 9.69 Å². The molecule has 0 fully saturated rings. The Balaban J connectivity index is 2.10. The summed E-state index contributed by atoms with van der Waals surface area (Å²) in [4.78, 5) is 13.4. The highest BCUT2D eigenvalue weighted by molar-refractivity contribution is 5.77. The van der Waals surface area contributed by atoms with E-state index in [0.29, 0.717) is 19.7 Å². The van der Waals surface area contributed by atoms with E-state index >= 15 is 0 Å². The lowest BCUT2D eigenvalue weighted by Crippen LogP contribution is -2.36. The van der Waals surface area contributed by atoms with Gasteiger partial charge in [0, 0.05) is 0 Å². The number of rotatable bonds is 7. The molecule has 1 aromatic carbocycles. The quantitative estimate of drug-likeness (QED) is 0.722. The van der Waals surface area contributed by atoms with Crippen molar-refractivity contribution >= 4 is 5.91 Å². The van der Waals surface area contributed by atoms with Crippen LogP contribution in [0.5, 0.6) is 5.75 Å². The van der Waals surface area contributed by atoms with Gasteiger partial charge in [-0.15, -0.1) is 0 Å². The van der Waals surface area contributed by atoms with Crippen molar-refractivity contribution in [1.29, 1.82) is 0 Å². The monoisotopic (exact) mass is 236 g/mol. The average Bonchev–Trinajstić information content (AvgIpc) is 2.36. The number of hydrogen-bond donors (Lipinski definition) is 1. The Labute approximate surface area is 103 Å². The summed E-state index contributed by atoms with van der Waals surface area (Å²) in [5, 5.41) is 2.81. The molecule has 4 heteroatoms. The van der Waals surface area contributed by atoms with Gasteiger partial charge in [0.2, 0.25) is 5.91 Å². The molecule has 0 unspecified atom stereocenters. The van der Waals surface area contributed by atoms with Crippen LogP contribution in [0.1, 0.15) is 6.92 Å². The minimum Gasteiger partial charge on any atom is -0.492 e. The third-order valence-corrected chi connectivity index (χ3v) is 2.39. The van der Waals surface area contributed by atoms with E-state index in [2.05, 4.69) is 5.32 Å². The molecule has 0 atom stereocenters. The van der Waals surface area contributed by atoms with E-state index in [4.69, 9.17) is 4.74 Å². The van der Waals surface area contributed by atoms with Gasteiger partial charge in [-0.05, 0) is 25.7 Å². The van der Waals surface area contributed by atoms with Gasteiger partial charge in [-0.1, -0.05) is 25.1 Å². The number of nitrogens with one attached hydrogen (secondary N) is 1. The summed E-state index contributed by atoms with van der Waals surface area (Å²) in [6.45, 7) is 4.35. The largest absolute Gasteiger partial charge is 0.492 e. The van der Waals surface area contributed by atoms with E-state index in [1.54, 1.807) is 0 Å². The van der Waals surface area contributed by atoms with E-state index in [0.717, 1.165) is 12.3 Å². The Hall–Kier alpha value is -1.55. The minimum absolute atomic E-state index is 0.0333. The van der Waals surface area contributed by atoms with Gasteiger partial charge in [0.1, 0.15) is 12.4 Å². The van der Waals surface area contributed by atoms with Gasteiger partial charge in [0.25, 0.3) is 0 Å². The SMILES string of the molecule is CCN(C)CC(=O)NCCOc1ccccc1. The summed E-state index contributed by atoms with van der Waals surface area (Å²) in [7, 11) is 1.92. The highest BCUT2D eigenvalue weighted by Gasteiger charge is 2.03. The molecule has 1 aromatic rings. The summed E-state index contributed by atoms with van der Waals surface area (Å²) in [5.74, 6) is 0.860. The fourth-order valence-corrected chi connectivity index (χ4v) is 1.29. The van der Waals surface area contributed by atoms with Crippen LogP contribution in [0.2, 0.25) is 0 Å². The molecule has 1 rings (SSSR count). The zero-order chi connectivity index (χ0) is 12.5. The van der Waals surface area contributed by atoms with Gasteiger partial charge in [0.05, 0.1) is 13.1 Å². The normalized spacial score (nSPS) is 10.3. The first-order valence-corrected chi connectivity index (χ1v) is 5.85. The Morgan fingerprint density at radius 2 is 2.06 bits per heavy atom. The van der Waals surface area contributed by atoms with Crippen LogP contribution < -0.4 is 10.1 Å². The second-order valence-corrected chi connectivity index (χ2v) is 3.84. The number of para-hydroxylation sites is 1. The molecule has 0 radical (unpaired) electrons. The summed E-state index contributed by atoms with van der Waals surface area (Å²) >= 11 is 0. The van der Waals surface area contributed by atoms with Crippen LogP contribution in [0.15, 0.2) is 30.3 Å². The number of likely N-dealkylation sites (N-methyl/N-ethyl adjacent to an activating group) is 1. The molecular formula is C13H20N2O2. The van der Waals surface area contributed by atoms with E-state index in [1.807, 2.05) is 49.2 Å². The first-order valence-electron chi connectivity index (χ1n) is 5.85. The number of carbonyl (C=O) groups excluding carboxylic acids is 1. The van der Waals surface area contributed by atoms with Crippen molar-refractivity contribution < 1.29 is 9.53 Å². The maximum atomic E-state index is 11.4. The van der Waals surface area contributed by atoms with Crippen LogP contribution in [-0.4, -0.2) is 44.1 Å². The van der Waals surface area contributed by atoms with Crippen LogP contribution in [0.3, 0.4) is 0 Å². The van der Waals surface area contributed by atoms with Crippen molar-refractivity contribution in [2.75, 3.05) is 33.3 Å². The molecule has 1 N–H and O–H groups in total. The lowest BCUT2D eigenvalue weighted by atomic mass is 10.3. The second kappa shape index (κ2) is 7.68. The molecule has 0 heterocycles. The summed E-state index contributed by atoms with van der Waals surface area (Å²) in [6, 6.07) is 9.57. The molecule has 0 bridgehead atoms. The van der Waals surface area contributed by atoms with Gasteiger partial charge in [-0.2, -0.15) is 0 Å². The molecule has 4 nitrogen and oxygen atoms in total. The Morgan fingerprint density at radius 1 is 1.35 bits per heavy atom. The van der Waals surface area contributed by atoms with Crippen molar-refractivity contribution in [2.24, 2.45) is 0 Å². The maximum absolute atomic E-state index is 11.4. The molecule has 0 saturated heterocycles. The van der Waals surface area contributed by atoms with E-state index in [1.165, 1.54) is 0 Å². The highest BCUT2D eigenvalue weighted by Crippen LogP contribution is 2.07. The van der Waals surface area contributed by atoms with Crippen molar-refractivity contribution in [3.63, 3.8) is 0 Å². The molecule has 1 amide bonds. The van der Waals surface area contributed by atoms with E-state index in [-0.39, 0.29) is 5.91 Å². The standard InChI is InChI=1S/C13H20N2O2/c1-3-15(2)11-13(16)14-9-10-17-12-7-5-4-6-8-12/h4-8H,3,9-11H2,1-2H3,(H,14,16). The van der Waals surface area contributed by atoms with Gasteiger partial charge >= 0.3 is 0 Å². The van der Waals surface area contributed by atoms with E-state index < -0.39 is 0 Å². The predicted molar refractivity (Wildman–Crippen MR) is 68.1 cm³/mol. The van der Waals surface area contributed by atoms with Crippen molar-refractivity contribution in [3.05, 3.63) is 30.3 Å². The van der Waals surface area contributed by atoms with Crippen LogP contribution in [0.25, 0.3) is 0 Å². The zero-order valence-electron chi connectivity index (χ0n) is 10.5. The Kier molecular flexibility index (Phi) is 6.10. The molecule has 0 spiro atoms. The first-order chi connectivity index (χ1) is 8.22. The van der Waals surface area contributed by atoms with Crippen molar-refractivity contribution in [3.8, 4) is 5.75 Å². The zero-order valence-corrected chi connectivity index (χ0v) is 10.5. The molecule has 0 aliphatic rings. The average molecular weight is 236 g/mol. The number of ether oxygens (including phenoxy) is 1. The second-order valence-electron chi connectivity index (χ2n) is 3.84. The topological polar surface area (TPSA) is 41.6 Å². The number of carbonyl (C=O) groups is 1. The van der Waals surface area contributed by atoms with Gasteiger partial charge < -0.3 is 10.1 Å². The minimum atomic E-state index is 0.0333. The third-order valence-electron chi connectivity index (χ3n) is 2.39. The molecule has 0 aromatic heterocycles. The lowest BCUT2D eigenvalue weighted by molar-refractivity contribution is -0.122. The highest BCUT2D eigenvalue weighted by atomic mass is 16.5. The lowest BCUT2D eigenvalue weighted by Gasteiger charge is -2.13. The first kappa shape index (κ1) is 13.5. The molecular weight excluding hydrogens is 216 g/mol. The van der Waals surface area contributed by atoms with Crippen LogP contribution >= 0.6 is 0 Å². The molecule has 17 heavy (non-hydrogen) atoms. The van der Waals surface area contributed by atoms with Crippen LogP contribution in [0, 0.1) is 0 Å². The Morgan fingerprint density at radius 3 is 2.71 bits per heavy atom. The van der Waals surface area contributed by atoms with Crippen LogP contribution in [0.4, 0.5) is 0 Å². The fourth-order valence-electron chi connectivity index (χ4n) is 1.29. The summed E-state index contributed by atoms with van der Waals surface area (Å²) in [6.07, 6.45) is 0. The number of hydrogen-bond acceptors (Lipinski definition) is 3. The molecule has 0 saturated carbocycles. The molecule has 94 valence electrons. The van der Waals surface area contributed by atoms with E-state index in [9.17, 15) is 4.79 Å². The fraction of sp³-hybridized carbons (Fsp3) is 0.462. The smallest absolute Gasteiger partial charge is 0.234 e. The number of benzene rings is 1. The number of nitrogens with zero attached hydrogens (tertiary/aromatic N) is 1. The van der Waals surface area contributed by atoms with Crippen LogP contribution in [-0.2, 0) is 4.79 Å². The third kappa shape index (κ3) is 5.92. The van der Waals surface area contributed by atoms with Crippen molar-refractivity contribution in [1.82, 2.24) is 10.2 Å². The predicted octanol–water partition coefficient (Wildman–Crippen LogP) is 1.13. The van der Waals surface area contributed by atoms with Gasteiger partial charge in [-0.25, -0.2) is 0 Å². The maximum Gasteiger partial charge on any atom is 0.234 e. The molecule has 0 aliphatic carbocycles. The number of amides is 1. The Bertz CT molecular complexity index is 327. The summed E-state index contributed by atoms with van der Waals surface area (Å²) in [5.41, 5.74) is 0. The summed E-state index contributed by atoms with van der Waals surface area (Å²) < 4.78 is 5.46. The molecule has 0 aliphatic heterocycles. The van der Waals surface area contributed by atoms with Gasteiger partial charge in [0.15, 0.2) is 0 Å². The van der Waals surface area contributed by atoms with Crippen molar-refractivity contribution in [2.45, 2.75) is 6.92 Å².